The van der Waals surface area contributed by atoms with Gasteiger partial charge in [0.05, 0.1) is 13.2 Å². The van der Waals surface area contributed by atoms with E-state index >= 15 is 0 Å². The van der Waals surface area contributed by atoms with Crippen molar-refractivity contribution in [1.82, 2.24) is 0 Å². The molecule has 94 valence electrons. The number of ether oxygens (including phenoxy) is 2. The number of carbonyl (C=O) groups excluding carboxylic acids is 1. The number of halogens is 2. The number of Topliss-reactive ketones (excluding diaryl/α,β-unsaturated/α-hetero) is 1. The lowest BCUT2D eigenvalue weighted by Crippen LogP contribution is -2.14. The van der Waals surface area contributed by atoms with E-state index in [-0.39, 0.29) is 18.8 Å². The van der Waals surface area contributed by atoms with Gasteiger partial charge in [0, 0.05) is 18.6 Å². The fourth-order valence-corrected chi connectivity index (χ4v) is 1.42. The molecule has 0 atom stereocenters. The van der Waals surface area contributed by atoms with Gasteiger partial charge in [0.2, 0.25) is 0 Å². The summed E-state index contributed by atoms with van der Waals surface area (Å²) in [5.41, 5.74) is 0.328. The van der Waals surface area contributed by atoms with Crippen molar-refractivity contribution in [1.29, 1.82) is 0 Å². The molecule has 0 saturated carbocycles. The Labute approximate surface area is 104 Å². The first-order chi connectivity index (χ1) is 8.13. The Morgan fingerprint density at radius 1 is 1.41 bits per heavy atom. The Balaban J connectivity index is 2.40. The first-order valence-electron chi connectivity index (χ1n) is 5.16. The molecule has 1 aromatic rings. The van der Waals surface area contributed by atoms with Gasteiger partial charge in [-0.05, 0) is 17.7 Å². The summed E-state index contributed by atoms with van der Waals surface area (Å²) in [6.45, 7) is 0.749. The van der Waals surface area contributed by atoms with Crippen LogP contribution in [0.4, 0.5) is 4.39 Å². The molecule has 0 aliphatic carbocycles. The molecule has 0 heterocycles. The van der Waals surface area contributed by atoms with Crippen LogP contribution >= 0.6 is 11.6 Å². The van der Waals surface area contributed by atoms with Gasteiger partial charge in [-0.2, -0.15) is 0 Å². The van der Waals surface area contributed by atoms with E-state index in [9.17, 15) is 9.18 Å². The molecular formula is C12H14ClFO3. The summed E-state index contributed by atoms with van der Waals surface area (Å²) in [5.74, 6) is -0.648. The number of rotatable bonds is 7. The monoisotopic (exact) mass is 260 g/mol. The summed E-state index contributed by atoms with van der Waals surface area (Å²) in [6.07, 6.45) is 0.00991. The predicted octanol–water partition coefficient (Wildman–Crippen LogP) is 2.25. The predicted molar refractivity (Wildman–Crippen MR) is 62.8 cm³/mol. The Morgan fingerprint density at radius 2 is 2.18 bits per heavy atom. The van der Waals surface area contributed by atoms with E-state index in [4.69, 9.17) is 21.1 Å². The van der Waals surface area contributed by atoms with Gasteiger partial charge in [-0.15, -0.1) is 0 Å². The van der Waals surface area contributed by atoms with Gasteiger partial charge >= 0.3 is 0 Å². The number of methoxy groups -OCH3 is 1. The molecule has 0 unspecified atom stereocenters. The molecule has 0 spiro atoms. The molecule has 1 rings (SSSR count). The van der Waals surface area contributed by atoms with Crippen LogP contribution in [-0.4, -0.2) is 32.7 Å². The quantitative estimate of drug-likeness (QED) is 0.706. The maximum absolute atomic E-state index is 13.4. The second-order valence-electron chi connectivity index (χ2n) is 3.50. The Bertz CT molecular complexity index is 382. The highest BCUT2D eigenvalue weighted by atomic mass is 35.5. The van der Waals surface area contributed by atoms with Gasteiger partial charge in [0.1, 0.15) is 12.4 Å². The lowest BCUT2D eigenvalue weighted by Gasteiger charge is -2.04. The van der Waals surface area contributed by atoms with Crippen LogP contribution in [-0.2, 0) is 20.7 Å². The van der Waals surface area contributed by atoms with E-state index in [2.05, 4.69) is 0 Å². The SMILES string of the molecule is COCCOCC(=O)Cc1ccc(Cl)cc1F. The van der Waals surface area contributed by atoms with E-state index < -0.39 is 5.82 Å². The van der Waals surface area contributed by atoms with Crippen LogP contribution < -0.4 is 0 Å². The summed E-state index contributed by atoms with van der Waals surface area (Å²) in [6, 6.07) is 4.25. The van der Waals surface area contributed by atoms with Crippen LogP contribution in [0.3, 0.4) is 0 Å². The van der Waals surface area contributed by atoms with Crippen LogP contribution in [0.2, 0.25) is 5.02 Å². The number of ketones is 1. The zero-order valence-corrected chi connectivity index (χ0v) is 10.3. The normalized spacial score (nSPS) is 10.5. The molecule has 0 aliphatic rings. The first-order valence-corrected chi connectivity index (χ1v) is 5.53. The van der Waals surface area contributed by atoms with Crippen LogP contribution in [0.5, 0.6) is 0 Å². The van der Waals surface area contributed by atoms with E-state index in [1.807, 2.05) is 0 Å². The fourth-order valence-electron chi connectivity index (χ4n) is 1.26. The maximum Gasteiger partial charge on any atom is 0.162 e. The lowest BCUT2D eigenvalue weighted by atomic mass is 10.1. The largest absolute Gasteiger partial charge is 0.382 e. The molecular weight excluding hydrogens is 247 g/mol. The van der Waals surface area contributed by atoms with E-state index in [1.165, 1.54) is 12.1 Å². The van der Waals surface area contributed by atoms with Crippen molar-refractivity contribution in [3.05, 3.63) is 34.6 Å². The maximum atomic E-state index is 13.4. The second-order valence-corrected chi connectivity index (χ2v) is 3.93. The van der Waals surface area contributed by atoms with Crippen LogP contribution in [0.1, 0.15) is 5.56 Å². The number of benzene rings is 1. The highest BCUT2D eigenvalue weighted by Gasteiger charge is 2.08. The second kappa shape index (κ2) is 7.37. The molecule has 5 heteroatoms. The summed E-state index contributed by atoms with van der Waals surface area (Å²) in [7, 11) is 1.55. The topological polar surface area (TPSA) is 35.5 Å². The molecule has 3 nitrogen and oxygen atoms in total. The van der Waals surface area contributed by atoms with Crippen LogP contribution in [0.25, 0.3) is 0 Å². The standard InChI is InChI=1S/C12H14ClFO3/c1-16-4-5-17-8-11(15)6-9-2-3-10(13)7-12(9)14/h2-3,7H,4-6,8H2,1H3. The van der Waals surface area contributed by atoms with Gasteiger partial charge in [-0.25, -0.2) is 4.39 Å². The third-order valence-electron chi connectivity index (χ3n) is 2.10. The number of hydrogen-bond acceptors (Lipinski definition) is 3. The van der Waals surface area contributed by atoms with Crippen molar-refractivity contribution >= 4 is 17.4 Å². The molecule has 0 fully saturated rings. The minimum atomic E-state index is -0.470. The Morgan fingerprint density at radius 3 is 2.82 bits per heavy atom. The molecule has 17 heavy (non-hydrogen) atoms. The number of carbonyl (C=O) groups is 1. The van der Waals surface area contributed by atoms with Crippen molar-refractivity contribution in [2.75, 3.05) is 26.9 Å². The van der Waals surface area contributed by atoms with Gasteiger partial charge in [0.25, 0.3) is 0 Å². The average Bonchev–Trinajstić information content (AvgIpc) is 2.28. The van der Waals surface area contributed by atoms with Gasteiger partial charge in [-0.1, -0.05) is 17.7 Å². The highest BCUT2D eigenvalue weighted by molar-refractivity contribution is 6.30. The van der Waals surface area contributed by atoms with Crippen molar-refractivity contribution in [2.24, 2.45) is 0 Å². The zero-order chi connectivity index (χ0) is 12.7. The molecule has 0 aliphatic heterocycles. The zero-order valence-electron chi connectivity index (χ0n) is 9.54. The summed E-state index contributed by atoms with van der Waals surface area (Å²) < 4.78 is 23.2. The smallest absolute Gasteiger partial charge is 0.162 e. The summed E-state index contributed by atoms with van der Waals surface area (Å²) in [4.78, 5) is 11.4. The molecule has 1 aromatic carbocycles. The van der Waals surface area contributed by atoms with Crippen molar-refractivity contribution in [3.63, 3.8) is 0 Å². The van der Waals surface area contributed by atoms with Crippen molar-refractivity contribution in [2.45, 2.75) is 6.42 Å². The summed E-state index contributed by atoms with van der Waals surface area (Å²) in [5, 5.41) is 0.315. The van der Waals surface area contributed by atoms with Crippen molar-refractivity contribution < 1.29 is 18.7 Å². The van der Waals surface area contributed by atoms with Gasteiger partial charge in [0.15, 0.2) is 5.78 Å². The molecule has 0 aromatic heterocycles. The third-order valence-corrected chi connectivity index (χ3v) is 2.33. The van der Waals surface area contributed by atoms with Crippen LogP contribution in [0, 0.1) is 5.82 Å². The van der Waals surface area contributed by atoms with E-state index in [0.717, 1.165) is 0 Å². The van der Waals surface area contributed by atoms with E-state index in [0.29, 0.717) is 23.8 Å². The molecule has 0 radical (unpaired) electrons. The average molecular weight is 261 g/mol. The van der Waals surface area contributed by atoms with Gasteiger partial charge < -0.3 is 9.47 Å². The first kappa shape index (κ1) is 14.1. The fraction of sp³-hybridized carbons (Fsp3) is 0.417. The van der Waals surface area contributed by atoms with Gasteiger partial charge in [-0.3, -0.25) is 4.79 Å². The molecule has 0 amide bonds. The molecule has 0 bridgehead atoms. The van der Waals surface area contributed by atoms with Crippen molar-refractivity contribution in [3.8, 4) is 0 Å². The minimum Gasteiger partial charge on any atom is -0.382 e. The van der Waals surface area contributed by atoms with E-state index in [1.54, 1.807) is 13.2 Å². The number of hydrogen-bond donors (Lipinski definition) is 0. The Hall–Kier alpha value is -0.970. The molecule has 0 N–H and O–H groups in total. The minimum absolute atomic E-state index is 0.00991. The molecule has 0 saturated heterocycles. The Kier molecular flexibility index (Phi) is 6.11. The highest BCUT2D eigenvalue weighted by Crippen LogP contribution is 2.15. The lowest BCUT2D eigenvalue weighted by molar-refractivity contribution is -0.123. The van der Waals surface area contributed by atoms with Crippen LogP contribution in [0.15, 0.2) is 18.2 Å². The summed E-state index contributed by atoms with van der Waals surface area (Å²) >= 11 is 5.61. The third kappa shape index (κ3) is 5.26.